The van der Waals surface area contributed by atoms with Crippen molar-refractivity contribution in [2.75, 3.05) is 0 Å². The molecule has 0 saturated heterocycles. The molecule has 3 fully saturated rings. The number of rotatable bonds is 11. The van der Waals surface area contributed by atoms with Crippen LogP contribution in [0, 0.1) is 23.2 Å². The third-order valence-corrected chi connectivity index (χ3v) is 9.31. The Morgan fingerprint density at radius 1 is 1.14 bits per heavy atom. The van der Waals surface area contributed by atoms with E-state index in [1.165, 1.54) is 18.4 Å². The topological polar surface area (TPSA) is 80.9 Å². The first-order valence-corrected chi connectivity index (χ1v) is 14.3. The van der Waals surface area contributed by atoms with Crippen LogP contribution in [0.4, 0.5) is 0 Å². The predicted molar refractivity (Wildman–Crippen MR) is 149 cm³/mol. The van der Waals surface area contributed by atoms with Crippen LogP contribution in [0.5, 0.6) is 0 Å². The summed E-state index contributed by atoms with van der Waals surface area (Å²) in [5.41, 5.74) is 1.48. The zero-order chi connectivity index (χ0) is 29.2. The van der Waals surface area contributed by atoms with Gasteiger partial charge in [0.05, 0.1) is 24.8 Å². The fraction of sp³-hybridized carbons (Fsp3) is 0.812. The number of hydrogen-bond acceptors (Lipinski definition) is 4. The maximum absolute atomic E-state index is 10.5. The van der Waals surface area contributed by atoms with Crippen molar-refractivity contribution in [3.8, 4) is 0 Å². The third kappa shape index (κ3) is 7.79. The van der Waals surface area contributed by atoms with Crippen molar-refractivity contribution in [2.45, 2.75) is 141 Å². The van der Waals surface area contributed by atoms with Crippen LogP contribution in [-0.2, 0) is 0 Å². The molecule has 36 heavy (non-hydrogen) atoms. The number of hydrogen-bond donors (Lipinski definition) is 4. The fourth-order valence-electron chi connectivity index (χ4n) is 7.39. The van der Waals surface area contributed by atoms with Crippen molar-refractivity contribution in [1.82, 2.24) is 0 Å². The zero-order valence-corrected chi connectivity index (χ0v) is 23.5. The molecule has 0 aromatic rings. The third-order valence-electron chi connectivity index (χ3n) is 9.31. The molecule has 3 aliphatic carbocycles. The van der Waals surface area contributed by atoms with E-state index in [1.54, 1.807) is 0 Å². The Balaban J connectivity index is 1.81. The van der Waals surface area contributed by atoms with Gasteiger partial charge in [-0.05, 0) is 113 Å². The minimum atomic E-state index is -1.80. The second kappa shape index (κ2) is 11.8. The van der Waals surface area contributed by atoms with Crippen molar-refractivity contribution in [1.29, 1.82) is 1.43 Å². The zero-order valence-electron chi connectivity index (χ0n) is 26.5. The summed E-state index contributed by atoms with van der Waals surface area (Å²) in [4.78, 5) is 0. The van der Waals surface area contributed by atoms with Gasteiger partial charge in [-0.3, -0.25) is 0 Å². The van der Waals surface area contributed by atoms with Gasteiger partial charge in [-0.1, -0.05) is 56.9 Å². The van der Waals surface area contributed by atoms with Crippen molar-refractivity contribution in [3.05, 3.63) is 35.5 Å². The Bertz CT molecular complexity index is 897. The van der Waals surface area contributed by atoms with Gasteiger partial charge in [0.1, 0.15) is 0 Å². The van der Waals surface area contributed by atoms with Gasteiger partial charge in [0, 0.05) is 7.77 Å². The van der Waals surface area contributed by atoms with E-state index in [0.29, 0.717) is 28.9 Å². The Morgan fingerprint density at radius 3 is 2.36 bits per heavy atom. The smallest absolute Gasteiger partial charge is 0.210 e. The predicted octanol–water partition coefficient (Wildman–Crippen LogP) is 6.63. The molecule has 0 heterocycles. The summed E-state index contributed by atoms with van der Waals surface area (Å²) in [6.07, 6.45) is 11.5. The van der Waals surface area contributed by atoms with Gasteiger partial charge in [0.2, 0.25) is 1.43 Å². The molecule has 4 N–H and O–H groups in total. The highest BCUT2D eigenvalue weighted by molar-refractivity contribution is 5.38. The number of fused-ring (bicyclic) bond motifs is 1. The molecule has 0 spiro atoms. The molecule has 206 valence electrons. The second-order valence-corrected chi connectivity index (χ2v) is 13.5. The molecule has 3 rings (SSSR count). The van der Waals surface area contributed by atoms with Gasteiger partial charge in [0.25, 0.3) is 0 Å². The first kappa shape index (κ1) is 25.3. The summed E-state index contributed by atoms with van der Waals surface area (Å²) < 4.78 is 23.8. The van der Waals surface area contributed by atoms with Gasteiger partial charge in [-0.15, -0.1) is 0 Å². The summed E-state index contributed by atoms with van der Waals surface area (Å²) in [5.74, 6) is 1.66. The minimum Gasteiger partial charge on any atom is -0.393 e. The molecule has 0 aromatic heterocycles. The fourth-order valence-corrected chi connectivity index (χ4v) is 7.39. The lowest BCUT2D eigenvalue weighted by Crippen LogP contribution is -2.37. The maximum Gasteiger partial charge on any atom is 0.210 e. The monoisotopic (exact) mass is 505 g/mol. The molecule has 3 aliphatic rings. The van der Waals surface area contributed by atoms with Crippen LogP contribution in [-0.4, -0.2) is 45.2 Å². The molecule has 3 unspecified atom stereocenters. The Kier molecular flexibility index (Phi) is 8.34. The van der Waals surface area contributed by atoms with Gasteiger partial charge in [-0.25, -0.2) is 0 Å². The molecule has 0 amide bonds. The van der Waals surface area contributed by atoms with Crippen LogP contribution < -0.4 is 0 Å². The van der Waals surface area contributed by atoms with Crippen molar-refractivity contribution in [2.24, 2.45) is 23.2 Å². The van der Waals surface area contributed by atoms with Crippen LogP contribution in [0.3, 0.4) is 0 Å². The van der Waals surface area contributed by atoms with Crippen molar-refractivity contribution >= 4 is 0 Å². The standard InChI is InChI=1S/C32H54O4/c1-22-25(20-26(33)21-29(22)34)14-13-24-12-9-19-32(6)27(15-16-28(24)32)23(10-7-17-30(2,3)35)11-8-18-31(4,5)36/h13-14,23,26-29,33-36H,1,7-12,15-21H2,2-6H3/t26-,27-,28?,29?,32-/m1/s1/i21D,26D,33D/t21?,26-,27-,28?,29?,32-. The summed E-state index contributed by atoms with van der Waals surface area (Å²) in [6, 6.07) is 0. The van der Waals surface area contributed by atoms with Crippen LogP contribution in [0.2, 0.25) is 0 Å². The molecule has 6 atom stereocenters. The number of aliphatic hydroxyl groups excluding tert-OH is 1. The summed E-state index contributed by atoms with van der Waals surface area (Å²) in [7, 11) is 0. The van der Waals surface area contributed by atoms with Crippen molar-refractivity contribution in [3.63, 3.8) is 0 Å². The highest BCUT2D eigenvalue weighted by Crippen LogP contribution is 2.60. The van der Waals surface area contributed by atoms with Gasteiger partial charge < -0.3 is 20.4 Å². The first-order valence-electron chi connectivity index (χ1n) is 15.8. The van der Waals surface area contributed by atoms with E-state index in [-0.39, 0.29) is 11.8 Å². The normalized spacial score (nSPS) is 39.4. The lowest BCUT2D eigenvalue weighted by molar-refractivity contribution is 0.0480. The van der Waals surface area contributed by atoms with E-state index < -0.39 is 29.8 Å². The minimum absolute atomic E-state index is 0.0688. The summed E-state index contributed by atoms with van der Waals surface area (Å²) >= 11 is 0. The second-order valence-electron chi connectivity index (χ2n) is 13.5. The Morgan fingerprint density at radius 2 is 1.78 bits per heavy atom. The first-order chi connectivity index (χ1) is 18.0. The molecule has 4 heteroatoms. The highest BCUT2D eigenvalue weighted by Gasteiger charge is 2.51. The maximum atomic E-state index is 10.5. The van der Waals surface area contributed by atoms with Crippen LogP contribution in [0.25, 0.3) is 0 Å². The molecule has 0 aromatic carbocycles. The van der Waals surface area contributed by atoms with E-state index in [0.717, 1.165) is 57.8 Å². The molecular formula is C32H54O4. The van der Waals surface area contributed by atoms with Gasteiger partial charge in [-0.2, -0.15) is 0 Å². The average molecular weight is 506 g/mol. The highest BCUT2D eigenvalue weighted by atomic mass is 16.3. The summed E-state index contributed by atoms with van der Waals surface area (Å²) in [6.45, 7) is 14.0. The molecule has 0 aliphatic heterocycles. The molecule has 0 radical (unpaired) electrons. The molecule has 3 saturated carbocycles. The Hall–Kier alpha value is -0.940. The van der Waals surface area contributed by atoms with Crippen LogP contribution in [0.15, 0.2) is 35.5 Å². The van der Waals surface area contributed by atoms with E-state index in [1.807, 2.05) is 33.8 Å². The summed E-state index contributed by atoms with van der Waals surface area (Å²) in [5, 5.41) is 35.7. The quantitative estimate of drug-likeness (QED) is 0.254. The SMILES string of the molecule is [2H]O[C@]1([2H])CC(=CC=C2CCC[C@@]3(C)C2CC[C@@H]3C(CCCC(C)(C)O)CCCC(C)(C)O)C(=C)C(O)C1[2H]. The number of aliphatic hydroxyl groups is 4. The van der Waals surface area contributed by atoms with E-state index >= 15 is 0 Å². The Labute approximate surface area is 224 Å². The lowest BCUT2D eigenvalue weighted by Gasteiger charge is -2.45. The molecular weight excluding hydrogens is 448 g/mol. The van der Waals surface area contributed by atoms with E-state index in [4.69, 9.17) is 4.17 Å². The van der Waals surface area contributed by atoms with Crippen molar-refractivity contribution < 1.29 is 23.2 Å². The average Bonchev–Trinajstić information content (AvgIpc) is 3.19. The lowest BCUT2D eigenvalue weighted by atomic mass is 9.60. The van der Waals surface area contributed by atoms with E-state index in [2.05, 4.69) is 24.7 Å². The molecule has 4 nitrogen and oxygen atoms in total. The van der Waals surface area contributed by atoms with Crippen LogP contribution >= 0.6 is 0 Å². The van der Waals surface area contributed by atoms with Crippen LogP contribution in [0.1, 0.15) is 121 Å². The number of allylic oxidation sites excluding steroid dienone is 3. The van der Waals surface area contributed by atoms with Gasteiger partial charge in [0.15, 0.2) is 0 Å². The van der Waals surface area contributed by atoms with Gasteiger partial charge >= 0.3 is 0 Å². The molecule has 0 bridgehead atoms. The van der Waals surface area contributed by atoms with E-state index in [9.17, 15) is 15.3 Å². The largest absolute Gasteiger partial charge is 0.393 e.